The number of aryl methyl sites for hydroxylation is 1. The molecule has 0 atom stereocenters. The summed E-state index contributed by atoms with van der Waals surface area (Å²) in [7, 11) is 0. The number of urea groups is 2. The van der Waals surface area contributed by atoms with Crippen LogP contribution >= 0.6 is 0 Å². The number of amides is 4. The van der Waals surface area contributed by atoms with Crippen molar-refractivity contribution in [2.45, 2.75) is 6.92 Å². The summed E-state index contributed by atoms with van der Waals surface area (Å²) < 4.78 is 0. The minimum absolute atomic E-state index is 0.497. The zero-order valence-electron chi connectivity index (χ0n) is 18.1. The van der Waals surface area contributed by atoms with Crippen molar-refractivity contribution in [2.75, 3.05) is 15.3 Å². The third-order valence-corrected chi connectivity index (χ3v) is 4.86. The fraction of sp³-hybridized carbons (Fsp3) is 0.0370. The van der Waals surface area contributed by atoms with Crippen LogP contribution in [0.2, 0.25) is 0 Å². The fourth-order valence-corrected chi connectivity index (χ4v) is 3.25. The predicted molar refractivity (Wildman–Crippen MR) is 132 cm³/mol. The highest BCUT2D eigenvalue weighted by Crippen LogP contribution is 2.25. The number of nitrogens with zero attached hydrogens (tertiary/aromatic N) is 3. The number of anilines is 3. The Morgan fingerprint density at radius 1 is 0.636 bits per heavy atom. The summed E-state index contributed by atoms with van der Waals surface area (Å²) in [6.07, 6.45) is 0. The summed E-state index contributed by atoms with van der Waals surface area (Å²) in [6.45, 7) is 1.97. The highest BCUT2D eigenvalue weighted by Gasteiger charge is 2.30. The maximum Gasteiger partial charge on any atom is 0.368 e. The van der Waals surface area contributed by atoms with Gasteiger partial charge in [-0.15, -0.1) is 0 Å². The molecule has 0 heterocycles. The maximum absolute atomic E-state index is 13.5. The first-order chi connectivity index (χ1) is 16.1. The van der Waals surface area contributed by atoms with Crippen molar-refractivity contribution in [3.8, 4) is 0 Å². The lowest BCUT2D eigenvalue weighted by atomic mass is 10.2. The molecule has 4 amide bonds. The zero-order chi connectivity index (χ0) is 23.0. The average molecular weight is 436 g/mol. The van der Waals surface area contributed by atoms with Crippen molar-refractivity contribution < 1.29 is 9.59 Å². The standard InChI is InChI=1S/C27H23N4O2/c1-21-17-19-23(20-18-21)29-27(33)31(25-15-9-4-10-16-25)30(24-13-7-3-8-14-24)26(32)28-22-11-5-2-6-12-22/h2-20H,1H3,(H,28,32). The summed E-state index contributed by atoms with van der Waals surface area (Å²) in [4.78, 5) is 27.0. The second-order valence-corrected chi connectivity index (χ2v) is 7.32. The molecule has 4 aromatic rings. The molecule has 0 aliphatic heterocycles. The number of hydrazine groups is 1. The van der Waals surface area contributed by atoms with Crippen molar-refractivity contribution in [3.05, 3.63) is 121 Å². The quantitative estimate of drug-likeness (QED) is 0.371. The van der Waals surface area contributed by atoms with Crippen molar-refractivity contribution in [3.63, 3.8) is 0 Å². The van der Waals surface area contributed by atoms with E-state index >= 15 is 0 Å². The first-order valence-electron chi connectivity index (χ1n) is 10.5. The third-order valence-electron chi connectivity index (χ3n) is 4.86. The van der Waals surface area contributed by atoms with Gasteiger partial charge in [-0.05, 0) is 55.5 Å². The molecule has 0 bridgehead atoms. The Morgan fingerprint density at radius 2 is 1.12 bits per heavy atom. The third kappa shape index (κ3) is 5.37. The summed E-state index contributed by atoms with van der Waals surface area (Å²) in [5.41, 5.74) is 3.20. The highest BCUT2D eigenvalue weighted by molar-refractivity contribution is 6.10. The second-order valence-electron chi connectivity index (χ2n) is 7.32. The monoisotopic (exact) mass is 435 g/mol. The van der Waals surface area contributed by atoms with Gasteiger partial charge >= 0.3 is 12.1 Å². The Labute approximate surface area is 193 Å². The number of benzene rings is 4. The first kappa shape index (κ1) is 21.6. The number of carbonyl (C=O) groups excluding carboxylic acids is 2. The zero-order valence-corrected chi connectivity index (χ0v) is 18.1. The van der Waals surface area contributed by atoms with E-state index in [2.05, 4.69) is 10.6 Å². The molecule has 6 nitrogen and oxygen atoms in total. The van der Waals surface area contributed by atoms with Crippen LogP contribution in [0.4, 0.5) is 32.3 Å². The molecule has 6 heteroatoms. The van der Waals surface area contributed by atoms with E-state index in [4.69, 9.17) is 0 Å². The molecule has 4 rings (SSSR count). The van der Waals surface area contributed by atoms with Crippen molar-refractivity contribution in [2.24, 2.45) is 0 Å². The van der Waals surface area contributed by atoms with Gasteiger partial charge in [0.2, 0.25) is 0 Å². The molecular formula is C27H23N4O2. The molecule has 0 saturated carbocycles. The molecule has 4 aromatic carbocycles. The van der Waals surface area contributed by atoms with Gasteiger partial charge < -0.3 is 5.32 Å². The number of rotatable bonds is 4. The SMILES string of the molecule is Cc1ccc([N]C(=O)N(c2ccccc2)N(C(=O)Nc2ccccc2)c2ccccc2)cc1. The van der Waals surface area contributed by atoms with Gasteiger partial charge in [0.15, 0.2) is 0 Å². The highest BCUT2D eigenvalue weighted by atomic mass is 16.2. The minimum Gasteiger partial charge on any atom is -0.306 e. The van der Waals surface area contributed by atoms with Crippen LogP contribution in [0.15, 0.2) is 115 Å². The number of nitrogens with one attached hydrogen (secondary N) is 1. The van der Waals surface area contributed by atoms with Crippen LogP contribution in [0.5, 0.6) is 0 Å². The second kappa shape index (κ2) is 10.2. The van der Waals surface area contributed by atoms with Crippen molar-refractivity contribution in [1.82, 2.24) is 5.32 Å². The van der Waals surface area contributed by atoms with E-state index in [1.807, 2.05) is 61.5 Å². The van der Waals surface area contributed by atoms with E-state index in [-0.39, 0.29) is 0 Å². The molecule has 0 unspecified atom stereocenters. The Bertz CT molecular complexity index is 1200. The summed E-state index contributed by atoms with van der Waals surface area (Å²) in [6, 6.07) is 33.3. The van der Waals surface area contributed by atoms with Gasteiger partial charge in [-0.25, -0.2) is 9.59 Å². The van der Waals surface area contributed by atoms with Crippen LogP contribution in [0.25, 0.3) is 0 Å². The molecule has 1 N–H and O–H groups in total. The van der Waals surface area contributed by atoms with Gasteiger partial charge in [0.05, 0.1) is 17.1 Å². The molecule has 0 aliphatic carbocycles. The molecule has 0 aromatic heterocycles. The average Bonchev–Trinajstić information content (AvgIpc) is 2.85. The van der Waals surface area contributed by atoms with E-state index in [1.54, 1.807) is 60.7 Å². The Hall–Kier alpha value is -4.58. The molecule has 0 spiro atoms. The molecule has 33 heavy (non-hydrogen) atoms. The number of carbonyl (C=O) groups is 2. The lowest BCUT2D eigenvalue weighted by Crippen LogP contribution is -2.53. The largest absolute Gasteiger partial charge is 0.368 e. The molecule has 163 valence electrons. The number of para-hydroxylation sites is 3. The van der Waals surface area contributed by atoms with Gasteiger partial charge in [-0.1, -0.05) is 72.3 Å². The van der Waals surface area contributed by atoms with E-state index < -0.39 is 12.1 Å². The molecule has 0 fully saturated rings. The first-order valence-corrected chi connectivity index (χ1v) is 10.5. The van der Waals surface area contributed by atoms with Crippen LogP contribution < -0.4 is 20.7 Å². The smallest absolute Gasteiger partial charge is 0.306 e. The molecule has 0 saturated heterocycles. The van der Waals surface area contributed by atoms with E-state index in [0.29, 0.717) is 22.7 Å². The van der Waals surface area contributed by atoms with Gasteiger partial charge in [0, 0.05) is 5.69 Å². The molecule has 1 radical (unpaired) electrons. The van der Waals surface area contributed by atoms with Crippen LogP contribution in [0, 0.1) is 6.92 Å². The Balaban J connectivity index is 1.75. The van der Waals surface area contributed by atoms with Crippen molar-refractivity contribution >= 4 is 34.8 Å². The van der Waals surface area contributed by atoms with Crippen LogP contribution in [-0.2, 0) is 0 Å². The Morgan fingerprint density at radius 3 is 1.67 bits per heavy atom. The number of hydrogen-bond acceptors (Lipinski definition) is 2. The molecule has 0 aliphatic rings. The Kier molecular flexibility index (Phi) is 6.66. The van der Waals surface area contributed by atoms with Crippen LogP contribution in [0.1, 0.15) is 5.56 Å². The van der Waals surface area contributed by atoms with Crippen LogP contribution in [-0.4, -0.2) is 12.1 Å². The maximum atomic E-state index is 13.5. The summed E-state index contributed by atoms with van der Waals surface area (Å²) in [5, 5.41) is 9.71. The van der Waals surface area contributed by atoms with E-state index in [0.717, 1.165) is 5.56 Å². The van der Waals surface area contributed by atoms with Gasteiger partial charge in [0.1, 0.15) is 0 Å². The topological polar surface area (TPSA) is 66.8 Å². The van der Waals surface area contributed by atoms with Gasteiger partial charge in [0.25, 0.3) is 0 Å². The lowest BCUT2D eigenvalue weighted by molar-refractivity contribution is 0.243. The predicted octanol–water partition coefficient (Wildman–Crippen LogP) is 6.51. The summed E-state index contributed by atoms with van der Waals surface area (Å²) >= 11 is 0. The minimum atomic E-state index is -0.600. The van der Waals surface area contributed by atoms with E-state index in [1.165, 1.54) is 10.0 Å². The molecular weight excluding hydrogens is 412 g/mol. The number of hydrogen-bond donors (Lipinski definition) is 1. The fourth-order valence-electron chi connectivity index (χ4n) is 3.25. The van der Waals surface area contributed by atoms with Gasteiger partial charge in [-0.2, -0.15) is 15.3 Å². The normalized spacial score (nSPS) is 10.2. The summed E-state index contributed by atoms with van der Waals surface area (Å²) in [5.74, 6) is 0. The van der Waals surface area contributed by atoms with E-state index in [9.17, 15) is 9.59 Å². The van der Waals surface area contributed by atoms with Gasteiger partial charge in [-0.3, -0.25) is 0 Å². The lowest BCUT2D eigenvalue weighted by Gasteiger charge is -2.34. The van der Waals surface area contributed by atoms with Crippen LogP contribution in [0.3, 0.4) is 0 Å². The van der Waals surface area contributed by atoms with Crippen molar-refractivity contribution in [1.29, 1.82) is 0 Å².